The van der Waals surface area contributed by atoms with Crippen molar-refractivity contribution in [1.29, 1.82) is 0 Å². The lowest BCUT2D eigenvalue weighted by Gasteiger charge is -2.33. The van der Waals surface area contributed by atoms with E-state index in [2.05, 4.69) is 9.29 Å². The summed E-state index contributed by atoms with van der Waals surface area (Å²) in [6, 6.07) is 4.08. The second-order valence-corrected chi connectivity index (χ2v) is 7.95. The van der Waals surface area contributed by atoms with Gasteiger partial charge in [0.2, 0.25) is 5.88 Å². The Morgan fingerprint density at radius 1 is 1.47 bits per heavy atom. The van der Waals surface area contributed by atoms with Crippen LogP contribution >= 0.6 is 0 Å². The number of rotatable bonds is 3. The molecule has 0 unspecified atom stereocenters. The number of aromatic nitrogens is 1. The first-order valence-electron chi connectivity index (χ1n) is 6.62. The summed E-state index contributed by atoms with van der Waals surface area (Å²) in [5.74, 6) is 0.644. The van der Waals surface area contributed by atoms with Gasteiger partial charge in [0.15, 0.2) is 0 Å². The number of pyridine rings is 1. The lowest BCUT2D eigenvalue weighted by molar-refractivity contribution is 0.350. The largest absolute Gasteiger partial charge is 0.597 e. The molecule has 0 N–H and O–H groups in total. The number of hydrogen-bond acceptors (Lipinski definition) is 4. The Morgan fingerprint density at radius 2 is 2.21 bits per heavy atom. The lowest BCUT2D eigenvalue weighted by Crippen LogP contribution is -2.42. The molecule has 2 heterocycles. The molecular weight excluding hydrogens is 260 g/mol. The van der Waals surface area contributed by atoms with Crippen molar-refractivity contribution < 1.29 is 9.29 Å². The third kappa shape index (κ3) is 3.04. The molecule has 1 saturated heterocycles. The summed E-state index contributed by atoms with van der Waals surface area (Å²) in [5, 5.41) is 0. The highest BCUT2D eigenvalue weighted by Gasteiger charge is 2.42. The van der Waals surface area contributed by atoms with Crippen LogP contribution in [0.25, 0.3) is 0 Å². The molecule has 106 valence electrons. The van der Waals surface area contributed by atoms with Crippen molar-refractivity contribution in [3.05, 3.63) is 23.9 Å². The molecule has 2 atom stereocenters. The maximum Gasteiger partial charge on any atom is 0.218 e. The summed E-state index contributed by atoms with van der Waals surface area (Å²) < 4.78 is 19.8. The van der Waals surface area contributed by atoms with Crippen LogP contribution in [-0.4, -0.2) is 32.2 Å². The molecule has 19 heavy (non-hydrogen) atoms. The van der Waals surface area contributed by atoms with Gasteiger partial charge in [0.25, 0.3) is 0 Å². The van der Waals surface area contributed by atoms with Gasteiger partial charge in [-0.2, -0.15) is 0 Å². The van der Waals surface area contributed by atoms with E-state index >= 15 is 0 Å². The van der Waals surface area contributed by atoms with E-state index in [1.807, 2.05) is 32.9 Å². The number of ether oxygens (including phenoxy) is 1. The number of methoxy groups -OCH3 is 1. The van der Waals surface area contributed by atoms with Crippen LogP contribution < -0.4 is 4.74 Å². The standard InChI is InChI=1S/C14H22N2O2S/c1-14(2,3)19(17)16-10-6-8-12(16)11-7-5-9-15-13(11)18-4/h5,7,9,12H,6,8,10H2,1-4H3/t12-,19-/m1/s1. The molecule has 1 aromatic rings. The van der Waals surface area contributed by atoms with E-state index in [0.29, 0.717) is 5.88 Å². The average Bonchev–Trinajstić information content (AvgIpc) is 2.85. The first kappa shape index (κ1) is 14.6. The molecule has 1 fully saturated rings. The number of hydrogen-bond donors (Lipinski definition) is 0. The molecule has 1 aliphatic rings. The van der Waals surface area contributed by atoms with Crippen molar-refractivity contribution in [3.8, 4) is 5.88 Å². The van der Waals surface area contributed by atoms with Crippen molar-refractivity contribution >= 4 is 11.4 Å². The van der Waals surface area contributed by atoms with Gasteiger partial charge >= 0.3 is 0 Å². The molecule has 0 amide bonds. The normalized spacial score (nSPS) is 22.5. The minimum absolute atomic E-state index is 0.142. The Morgan fingerprint density at radius 3 is 2.84 bits per heavy atom. The van der Waals surface area contributed by atoms with E-state index < -0.39 is 11.4 Å². The van der Waals surface area contributed by atoms with Crippen LogP contribution in [0.15, 0.2) is 18.3 Å². The molecule has 5 heteroatoms. The molecule has 0 spiro atoms. The molecular formula is C14H22N2O2S. The quantitative estimate of drug-likeness (QED) is 0.800. The SMILES string of the molecule is COc1ncccc1[C@H]1CCCN1[S@+]([O-])C(C)(C)C. The van der Waals surface area contributed by atoms with Crippen molar-refractivity contribution in [1.82, 2.24) is 9.29 Å². The Balaban J connectivity index is 2.28. The summed E-state index contributed by atoms with van der Waals surface area (Å²) in [7, 11) is 1.63. The molecule has 0 saturated carbocycles. The van der Waals surface area contributed by atoms with E-state index in [-0.39, 0.29) is 10.8 Å². The van der Waals surface area contributed by atoms with Gasteiger partial charge < -0.3 is 9.29 Å². The van der Waals surface area contributed by atoms with Crippen molar-refractivity contribution in [3.63, 3.8) is 0 Å². The average molecular weight is 282 g/mol. The van der Waals surface area contributed by atoms with Crippen LogP contribution in [-0.2, 0) is 11.4 Å². The Bertz CT molecular complexity index is 434. The zero-order chi connectivity index (χ0) is 14.0. The van der Waals surface area contributed by atoms with Gasteiger partial charge in [-0.15, -0.1) is 4.31 Å². The highest BCUT2D eigenvalue weighted by molar-refractivity contribution is 7.90. The van der Waals surface area contributed by atoms with Gasteiger partial charge in [0.05, 0.1) is 13.2 Å². The van der Waals surface area contributed by atoms with Crippen LogP contribution in [0.5, 0.6) is 5.88 Å². The van der Waals surface area contributed by atoms with Crippen molar-refractivity contribution in [2.45, 2.75) is 44.4 Å². The minimum atomic E-state index is -1.00. The smallest absolute Gasteiger partial charge is 0.218 e. The van der Waals surface area contributed by atoms with E-state index in [0.717, 1.165) is 24.9 Å². The van der Waals surface area contributed by atoms with Gasteiger partial charge in [0, 0.05) is 29.7 Å². The molecule has 1 aliphatic heterocycles. The molecule has 2 rings (SSSR count). The first-order valence-corrected chi connectivity index (χ1v) is 7.73. The fourth-order valence-electron chi connectivity index (χ4n) is 2.43. The minimum Gasteiger partial charge on any atom is -0.597 e. The van der Waals surface area contributed by atoms with E-state index in [1.54, 1.807) is 13.3 Å². The van der Waals surface area contributed by atoms with Crippen molar-refractivity contribution in [2.24, 2.45) is 0 Å². The predicted octanol–water partition coefficient (Wildman–Crippen LogP) is 2.69. The third-order valence-electron chi connectivity index (χ3n) is 3.29. The van der Waals surface area contributed by atoms with Gasteiger partial charge in [0.1, 0.15) is 4.75 Å². The maximum atomic E-state index is 12.6. The van der Waals surface area contributed by atoms with Gasteiger partial charge in [-0.05, 0) is 39.7 Å². The molecule has 4 nitrogen and oxygen atoms in total. The molecule has 0 radical (unpaired) electrons. The summed E-state index contributed by atoms with van der Waals surface area (Å²) in [6.45, 7) is 6.91. The Hall–Kier alpha value is -0.780. The Labute approximate surface area is 118 Å². The van der Waals surface area contributed by atoms with Crippen LogP contribution in [0.4, 0.5) is 0 Å². The van der Waals surface area contributed by atoms with E-state index in [9.17, 15) is 4.55 Å². The maximum absolute atomic E-state index is 12.6. The monoisotopic (exact) mass is 282 g/mol. The highest BCUT2D eigenvalue weighted by Crippen LogP contribution is 2.40. The zero-order valence-corrected chi connectivity index (χ0v) is 12.9. The number of nitrogens with zero attached hydrogens (tertiary/aromatic N) is 2. The fourth-order valence-corrected chi connectivity index (χ4v) is 3.88. The van der Waals surface area contributed by atoms with Crippen molar-refractivity contribution in [2.75, 3.05) is 13.7 Å². The summed E-state index contributed by atoms with van der Waals surface area (Å²) in [4.78, 5) is 4.25. The van der Waals surface area contributed by atoms with Gasteiger partial charge in [-0.3, -0.25) is 0 Å². The summed E-state index contributed by atoms with van der Waals surface area (Å²) in [6.07, 6.45) is 3.79. The lowest BCUT2D eigenvalue weighted by atomic mass is 10.1. The third-order valence-corrected chi connectivity index (χ3v) is 5.20. The van der Waals surface area contributed by atoms with Gasteiger partial charge in [-0.25, -0.2) is 4.98 Å². The highest BCUT2D eigenvalue weighted by atomic mass is 32.2. The second kappa shape index (κ2) is 5.69. The first-order chi connectivity index (χ1) is 8.95. The van der Waals surface area contributed by atoms with E-state index in [1.165, 1.54) is 0 Å². The van der Waals surface area contributed by atoms with Crippen LogP contribution in [0.3, 0.4) is 0 Å². The van der Waals surface area contributed by atoms with Crippen LogP contribution in [0.1, 0.15) is 45.2 Å². The summed E-state index contributed by atoms with van der Waals surface area (Å²) >= 11 is -1.00. The topological polar surface area (TPSA) is 48.4 Å². The molecule has 0 aromatic carbocycles. The van der Waals surface area contributed by atoms with Gasteiger partial charge in [-0.1, -0.05) is 6.07 Å². The fraction of sp³-hybridized carbons (Fsp3) is 0.643. The Kier molecular flexibility index (Phi) is 4.38. The zero-order valence-electron chi connectivity index (χ0n) is 12.0. The molecule has 0 aliphatic carbocycles. The van der Waals surface area contributed by atoms with Crippen LogP contribution in [0.2, 0.25) is 0 Å². The molecule has 0 bridgehead atoms. The van der Waals surface area contributed by atoms with Crippen LogP contribution in [0, 0.1) is 0 Å². The second-order valence-electron chi connectivity index (χ2n) is 5.76. The predicted molar refractivity (Wildman–Crippen MR) is 77.4 cm³/mol. The summed E-state index contributed by atoms with van der Waals surface area (Å²) in [5.41, 5.74) is 1.04. The van der Waals surface area contributed by atoms with E-state index in [4.69, 9.17) is 4.74 Å². The molecule has 1 aromatic heterocycles.